The summed E-state index contributed by atoms with van der Waals surface area (Å²) in [5, 5.41) is 0. The lowest BCUT2D eigenvalue weighted by atomic mass is 10.00. The number of carbonyl (C=O) groups is 1. The summed E-state index contributed by atoms with van der Waals surface area (Å²) in [6, 6.07) is 19.3. The Kier molecular flexibility index (Phi) is 5.13. The van der Waals surface area contributed by atoms with Gasteiger partial charge >= 0.3 is 5.97 Å². The van der Waals surface area contributed by atoms with Crippen LogP contribution in [0, 0.1) is 0 Å². The van der Waals surface area contributed by atoms with Gasteiger partial charge in [-0.05, 0) is 44.4 Å². The van der Waals surface area contributed by atoms with Gasteiger partial charge in [0.2, 0.25) is 0 Å². The monoisotopic (exact) mass is 422 g/mol. The summed E-state index contributed by atoms with van der Waals surface area (Å²) >= 11 is 0. The Bertz CT molecular complexity index is 929. The summed E-state index contributed by atoms with van der Waals surface area (Å²) in [5.41, 5.74) is 8.21. The number of ether oxygens (including phenoxy) is 3. The second-order valence-corrected chi connectivity index (χ2v) is 9.43. The van der Waals surface area contributed by atoms with Crippen molar-refractivity contribution in [1.82, 2.24) is 4.90 Å². The molecule has 1 saturated carbocycles. The van der Waals surface area contributed by atoms with E-state index in [9.17, 15) is 4.79 Å². The maximum absolute atomic E-state index is 12.6. The summed E-state index contributed by atoms with van der Waals surface area (Å²) in [7, 11) is 0. The van der Waals surface area contributed by atoms with Crippen LogP contribution in [-0.4, -0.2) is 53.1 Å². The molecule has 2 saturated heterocycles. The van der Waals surface area contributed by atoms with Gasteiger partial charge in [0.15, 0.2) is 5.79 Å². The third-order valence-corrected chi connectivity index (χ3v) is 6.66. The topological polar surface area (TPSA) is 74.0 Å². The Morgan fingerprint density at radius 2 is 1.65 bits per heavy atom. The van der Waals surface area contributed by atoms with E-state index >= 15 is 0 Å². The molecule has 0 spiro atoms. The van der Waals surface area contributed by atoms with Gasteiger partial charge in [-0.2, -0.15) is 0 Å². The maximum atomic E-state index is 12.6. The van der Waals surface area contributed by atoms with E-state index in [1.165, 1.54) is 5.56 Å². The number of nitrogens with two attached hydrogens (primary N) is 1. The van der Waals surface area contributed by atoms with E-state index in [1.807, 2.05) is 50.2 Å². The lowest BCUT2D eigenvalue weighted by molar-refractivity contribution is -0.172. The fourth-order valence-electron chi connectivity index (χ4n) is 5.06. The van der Waals surface area contributed by atoms with Crippen LogP contribution in [0.15, 0.2) is 60.7 Å². The van der Waals surface area contributed by atoms with E-state index in [1.54, 1.807) is 12.1 Å². The molecule has 0 bridgehead atoms. The highest BCUT2D eigenvalue weighted by Crippen LogP contribution is 2.50. The van der Waals surface area contributed by atoms with Gasteiger partial charge < -0.3 is 19.9 Å². The molecule has 2 aliphatic heterocycles. The first-order valence-corrected chi connectivity index (χ1v) is 11.0. The third kappa shape index (κ3) is 4.01. The second-order valence-electron chi connectivity index (χ2n) is 9.43. The van der Waals surface area contributed by atoms with Gasteiger partial charge in [-0.3, -0.25) is 4.90 Å². The minimum atomic E-state index is -0.681. The Hall–Kier alpha value is -2.25. The Morgan fingerprint density at radius 3 is 2.29 bits per heavy atom. The molecule has 5 rings (SSSR count). The molecule has 0 aromatic heterocycles. The highest BCUT2D eigenvalue weighted by molar-refractivity contribution is 5.89. The molecule has 4 atom stereocenters. The number of hydrogen-bond donors (Lipinski definition) is 1. The second kappa shape index (κ2) is 7.71. The zero-order chi connectivity index (χ0) is 21.6. The average molecular weight is 423 g/mol. The summed E-state index contributed by atoms with van der Waals surface area (Å²) < 4.78 is 18.5. The molecule has 0 unspecified atom stereocenters. The van der Waals surface area contributed by atoms with Crippen molar-refractivity contribution in [1.29, 1.82) is 0 Å². The third-order valence-electron chi connectivity index (χ3n) is 6.66. The first-order chi connectivity index (χ1) is 14.9. The number of rotatable bonds is 6. The fraction of sp³-hybridized carbons (Fsp3) is 0.480. The first-order valence-electron chi connectivity index (χ1n) is 11.0. The van der Waals surface area contributed by atoms with Crippen LogP contribution < -0.4 is 5.73 Å². The lowest BCUT2D eigenvalue weighted by Gasteiger charge is -2.37. The van der Waals surface area contributed by atoms with Crippen molar-refractivity contribution in [3.63, 3.8) is 0 Å². The number of benzene rings is 2. The van der Waals surface area contributed by atoms with Crippen LogP contribution in [0.3, 0.4) is 0 Å². The summed E-state index contributed by atoms with van der Waals surface area (Å²) in [6.07, 6.45) is 1.58. The molecule has 2 aromatic rings. The van der Waals surface area contributed by atoms with E-state index in [0.717, 1.165) is 12.8 Å². The zero-order valence-corrected chi connectivity index (χ0v) is 18.1. The van der Waals surface area contributed by atoms with Crippen LogP contribution in [0.2, 0.25) is 0 Å². The highest BCUT2D eigenvalue weighted by Gasteiger charge is 2.65. The van der Waals surface area contributed by atoms with Crippen LogP contribution >= 0.6 is 0 Å². The van der Waals surface area contributed by atoms with Gasteiger partial charge in [0, 0.05) is 12.1 Å². The number of carbonyl (C=O) groups excluding carboxylic acids is 1. The molecule has 1 aliphatic carbocycles. The predicted octanol–water partition coefficient (Wildman–Crippen LogP) is 3.11. The molecule has 3 fully saturated rings. The molecule has 3 aliphatic rings. The van der Waals surface area contributed by atoms with Crippen LogP contribution in [0.4, 0.5) is 0 Å². The van der Waals surface area contributed by atoms with E-state index < -0.39 is 5.79 Å². The van der Waals surface area contributed by atoms with Crippen molar-refractivity contribution in [2.75, 3.05) is 6.61 Å². The van der Waals surface area contributed by atoms with Crippen molar-refractivity contribution in [3.8, 4) is 0 Å². The molecule has 2 aromatic carbocycles. The smallest absolute Gasteiger partial charge is 0.338 e. The average Bonchev–Trinajstić information content (AvgIpc) is 3.33. The highest BCUT2D eigenvalue weighted by atomic mass is 16.8. The van der Waals surface area contributed by atoms with Crippen molar-refractivity contribution in [2.45, 2.75) is 68.9 Å². The normalized spacial score (nSPS) is 30.7. The number of fused-ring (bicyclic) bond motifs is 1. The lowest BCUT2D eigenvalue weighted by Crippen LogP contribution is -2.54. The Morgan fingerprint density at radius 1 is 1.03 bits per heavy atom. The van der Waals surface area contributed by atoms with Gasteiger partial charge in [-0.25, -0.2) is 4.79 Å². The molecule has 2 heterocycles. The quantitative estimate of drug-likeness (QED) is 0.721. The molecule has 0 amide bonds. The van der Waals surface area contributed by atoms with Gasteiger partial charge in [0.05, 0.1) is 17.6 Å². The van der Waals surface area contributed by atoms with E-state index in [4.69, 9.17) is 19.9 Å². The molecule has 2 N–H and O–H groups in total. The molecule has 31 heavy (non-hydrogen) atoms. The van der Waals surface area contributed by atoms with Crippen LogP contribution in [0.25, 0.3) is 0 Å². The van der Waals surface area contributed by atoms with Crippen molar-refractivity contribution in [2.24, 2.45) is 5.73 Å². The van der Waals surface area contributed by atoms with E-state index in [2.05, 4.69) is 17.0 Å². The first kappa shape index (κ1) is 20.6. The number of likely N-dealkylation sites (tertiary alicyclic amines) is 1. The molecular weight excluding hydrogens is 392 g/mol. The van der Waals surface area contributed by atoms with Crippen LogP contribution in [0.1, 0.15) is 42.6 Å². The van der Waals surface area contributed by atoms with Gasteiger partial charge in [0.25, 0.3) is 0 Å². The molecule has 6 heteroatoms. The number of hydrogen-bond acceptors (Lipinski definition) is 6. The minimum absolute atomic E-state index is 0.0138. The summed E-state index contributed by atoms with van der Waals surface area (Å²) in [5.74, 6) is -1.01. The summed E-state index contributed by atoms with van der Waals surface area (Å²) in [6.45, 7) is 4.81. The molecule has 0 radical (unpaired) electrons. The van der Waals surface area contributed by atoms with E-state index in [0.29, 0.717) is 12.1 Å². The Balaban J connectivity index is 1.42. The molecular formula is C25H30N2O4. The SMILES string of the molecule is CC1(C)O[C@@H]2[C@H](O1)[C@H](COC(=O)c1ccccc1)N(Cc1ccccc1)[C@@H]2C1(N)CC1. The largest absolute Gasteiger partial charge is 0.460 e. The number of esters is 1. The summed E-state index contributed by atoms with van der Waals surface area (Å²) in [4.78, 5) is 15.0. The fourth-order valence-corrected chi connectivity index (χ4v) is 5.06. The van der Waals surface area contributed by atoms with Crippen LogP contribution in [-0.2, 0) is 20.8 Å². The zero-order valence-electron chi connectivity index (χ0n) is 18.1. The van der Waals surface area contributed by atoms with Crippen molar-refractivity contribution >= 4 is 5.97 Å². The van der Waals surface area contributed by atoms with Crippen molar-refractivity contribution in [3.05, 3.63) is 71.8 Å². The van der Waals surface area contributed by atoms with Gasteiger partial charge in [-0.1, -0.05) is 48.5 Å². The molecule has 6 nitrogen and oxygen atoms in total. The Labute approximate surface area is 183 Å². The van der Waals surface area contributed by atoms with Crippen LogP contribution in [0.5, 0.6) is 0 Å². The van der Waals surface area contributed by atoms with Crippen molar-refractivity contribution < 1.29 is 19.0 Å². The van der Waals surface area contributed by atoms with Gasteiger partial charge in [-0.15, -0.1) is 0 Å². The van der Waals surface area contributed by atoms with Gasteiger partial charge in [0.1, 0.15) is 18.8 Å². The number of nitrogens with zero attached hydrogens (tertiary/aromatic N) is 1. The van der Waals surface area contributed by atoms with E-state index in [-0.39, 0.29) is 42.4 Å². The maximum Gasteiger partial charge on any atom is 0.338 e. The predicted molar refractivity (Wildman–Crippen MR) is 116 cm³/mol. The standard InChI is InChI=1S/C25H30N2O4/c1-24(2)30-20-19(16-29-23(28)18-11-7-4-8-12-18)27(15-17-9-5-3-6-10-17)22(21(20)31-24)25(26)13-14-25/h3-12,19-22H,13-16,26H2,1-2H3/t19-,20+,21+,22-/m0/s1. The minimum Gasteiger partial charge on any atom is -0.460 e. The molecule has 164 valence electrons.